The first-order chi connectivity index (χ1) is 21.4. The van der Waals surface area contributed by atoms with Gasteiger partial charge in [0.1, 0.15) is 11.4 Å². The van der Waals surface area contributed by atoms with Gasteiger partial charge in [-0.15, -0.1) is 0 Å². The van der Waals surface area contributed by atoms with Crippen molar-refractivity contribution in [3.63, 3.8) is 0 Å². The first kappa shape index (κ1) is 30.5. The summed E-state index contributed by atoms with van der Waals surface area (Å²) in [6.07, 6.45) is 1.38. The van der Waals surface area contributed by atoms with Gasteiger partial charge in [0.05, 0.1) is 5.52 Å². The SMILES string of the molecule is CN(C)CCC(O)(c1ccccc1)c1cc2nc(N3CCN(Cc4ccccc4)CC3)c(Cc3ccccc3)cc2cc1Br. The smallest absolute Gasteiger partial charge is 0.132 e. The van der Waals surface area contributed by atoms with Gasteiger partial charge in [0.25, 0.3) is 0 Å². The lowest BCUT2D eigenvalue weighted by molar-refractivity contribution is 0.0623. The third-order valence-electron chi connectivity index (χ3n) is 8.74. The quantitative estimate of drug-likeness (QED) is 0.175. The van der Waals surface area contributed by atoms with Crippen LogP contribution < -0.4 is 4.90 Å². The van der Waals surface area contributed by atoms with Crippen molar-refractivity contribution in [2.45, 2.75) is 25.0 Å². The van der Waals surface area contributed by atoms with Gasteiger partial charge in [-0.05, 0) is 61.0 Å². The predicted octanol–water partition coefficient (Wildman–Crippen LogP) is 7.10. The second-order valence-corrected chi connectivity index (χ2v) is 13.0. The van der Waals surface area contributed by atoms with Crippen LogP contribution in [0.4, 0.5) is 5.82 Å². The number of fused-ring (bicyclic) bond motifs is 1. The van der Waals surface area contributed by atoms with E-state index in [0.717, 1.165) is 78.0 Å². The zero-order valence-corrected chi connectivity index (χ0v) is 27.2. The Morgan fingerprint density at radius 3 is 2.05 bits per heavy atom. The van der Waals surface area contributed by atoms with Crippen LogP contribution in [-0.2, 0) is 18.6 Å². The highest BCUT2D eigenvalue weighted by molar-refractivity contribution is 9.10. The van der Waals surface area contributed by atoms with Gasteiger partial charge in [0.15, 0.2) is 0 Å². The minimum absolute atomic E-state index is 0.566. The average molecular weight is 650 g/mol. The highest BCUT2D eigenvalue weighted by atomic mass is 79.9. The molecule has 44 heavy (non-hydrogen) atoms. The highest BCUT2D eigenvalue weighted by Gasteiger charge is 2.34. The Kier molecular flexibility index (Phi) is 9.43. The van der Waals surface area contributed by atoms with Crippen molar-refractivity contribution in [3.8, 4) is 0 Å². The Hall–Kier alpha value is -3.55. The minimum Gasteiger partial charge on any atom is -0.380 e. The summed E-state index contributed by atoms with van der Waals surface area (Å²) in [4.78, 5) is 12.5. The van der Waals surface area contributed by atoms with E-state index in [1.807, 2.05) is 44.4 Å². The van der Waals surface area contributed by atoms with E-state index in [0.29, 0.717) is 6.42 Å². The van der Waals surface area contributed by atoms with Crippen molar-refractivity contribution >= 4 is 32.7 Å². The van der Waals surface area contributed by atoms with Crippen LogP contribution in [0.2, 0.25) is 0 Å². The molecule has 0 saturated carbocycles. The van der Waals surface area contributed by atoms with E-state index in [4.69, 9.17) is 4.98 Å². The van der Waals surface area contributed by atoms with Crippen LogP contribution in [0.15, 0.2) is 114 Å². The van der Waals surface area contributed by atoms with Gasteiger partial charge in [-0.2, -0.15) is 0 Å². The lowest BCUT2D eigenvalue weighted by Gasteiger charge is -2.36. The van der Waals surface area contributed by atoms with Gasteiger partial charge in [0.2, 0.25) is 0 Å². The minimum atomic E-state index is -1.16. The number of halogens is 1. The molecular weight excluding hydrogens is 608 g/mol. The largest absolute Gasteiger partial charge is 0.380 e. The second kappa shape index (κ2) is 13.6. The number of anilines is 1. The summed E-state index contributed by atoms with van der Waals surface area (Å²) in [5.41, 5.74) is 5.33. The third kappa shape index (κ3) is 6.89. The maximum absolute atomic E-state index is 12.4. The van der Waals surface area contributed by atoms with Crippen LogP contribution in [0.25, 0.3) is 10.9 Å². The zero-order chi connectivity index (χ0) is 30.5. The summed E-state index contributed by atoms with van der Waals surface area (Å²) < 4.78 is 0.893. The predicted molar refractivity (Wildman–Crippen MR) is 185 cm³/mol. The van der Waals surface area contributed by atoms with E-state index in [1.165, 1.54) is 16.7 Å². The summed E-state index contributed by atoms with van der Waals surface area (Å²) in [5.74, 6) is 1.05. The van der Waals surface area contributed by atoms with E-state index in [2.05, 4.69) is 109 Å². The number of aromatic nitrogens is 1. The summed E-state index contributed by atoms with van der Waals surface area (Å²) in [6.45, 7) is 5.55. The summed E-state index contributed by atoms with van der Waals surface area (Å²) in [7, 11) is 4.09. The molecule has 0 bridgehead atoms. The zero-order valence-electron chi connectivity index (χ0n) is 25.7. The molecule has 1 unspecified atom stereocenters. The summed E-state index contributed by atoms with van der Waals surface area (Å²) >= 11 is 3.86. The Bertz CT molecular complexity index is 1670. The molecule has 1 atom stereocenters. The van der Waals surface area contributed by atoms with E-state index < -0.39 is 5.60 Å². The van der Waals surface area contributed by atoms with Gasteiger partial charge in [-0.3, -0.25) is 4.90 Å². The Labute approximate surface area is 269 Å². The molecule has 4 aromatic carbocycles. The Morgan fingerprint density at radius 2 is 1.41 bits per heavy atom. The molecule has 1 aliphatic heterocycles. The molecule has 0 aliphatic carbocycles. The molecule has 1 N–H and O–H groups in total. The Balaban J connectivity index is 1.38. The normalized spacial score (nSPS) is 15.5. The maximum atomic E-state index is 12.4. The van der Waals surface area contributed by atoms with Crippen molar-refractivity contribution in [1.82, 2.24) is 14.8 Å². The van der Waals surface area contributed by atoms with Gasteiger partial charge in [-0.25, -0.2) is 4.98 Å². The molecule has 6 heteroatoms. The molecule has 6 rings (SSSR count). The van der Waals surface area contributed by atoms with Crippen molar-refractivity contribution in [2.75, 3.05) is 51.7 Å². The van der Waals surface area contributed by atoms with E-state index >= 15 is 0 Å². The number of rotatable bonds is 10. The topological polar surface area (TPSA) is 42.8 Å². The lowest BCUT2D eigenvalue weighted by Crippen LogP contribution is -2.46. The second-order valence-electron chi connectivity index (χ2n) is 12.2. The average Bonchev–Trinajstić information content (AvgIpc) is 3.05. The highest BCUT2D eigenvalue weighted by Crippen LogP contribution is 2.40. The molecule has 2 heterocycles. The van der Waals surface area contributed by atoms with Gasteiger partial charge >= 0.3 is 0 Å². The number of hydrogen-bond acceptors (Lipinski definition) is 5. The number of piperazine rings is 1. The molecule has 1 saturated heterocycles. The molecule has 0 spiro atoms. The number of benzene rings is 4. The first-order valence-electron chi connectivity index (χ1n) is 15.5. The van der Waals surface area contributed by atoms with Crippen LogP contribution in [0.5, 0.6) is 0 Å². The molecule has 1 aromatic heterocycles. The summed E-state index contributed by atoms with van der Waals surface area (Å²) in [5, 5.41) is 13.4. The molecule has 226 valence electrons. The fourth-order valence-electron chi connectivity index (χ4n) is 6.26. The molecule has 5 aromatic rings. The first-order valence-corrected chi connectivity index (χ1v) is 16.3. The van der Waals surface area contributed by atoms with Gasteiger partial charge in [0, 0.05) is 61.1 Å². The summed E-state index contributed by atoms with van der Waals surface area (Å²) in [6, 6.07) is 37.9. The van der Waals surface area contributed by atoms with E-state index in [9.17, 15) is 5.11 Å². The van der Waals surface area contributed by atoms with Crippen LogP contribution >= 0.6 is 15.9 Å². The standard InChI is InChI=1S/C38H41BrN4O/c1-41(2)19-18-38(44,33-16-10-5-11-17-33)34-27-36-31(26-35(34)39)25-32(24-29-12-6-3-7-13-29)37(40-36)43-22-20-42(21-23-43)28-30-14-8-4-9-15-30/h3-17,25-27,44H,18-24,28H2,1-2H3. The molecule has 0 radical (unpaired) electrons. The van der Waals surface area contributed by atoms with Gasteiger partial charge < -0.3 is 14.9 Å². The maximum Gasteiger partial charge on any atom is 0.132 e. The number of aliphatic hydroxyl groups is 1. The fourth-order valence-corrected chi connectivity index (χ4v) is 6.95. The third-order valence-corrected chi connectivity index (χ3v) is 9.39. The van der Waals surface area contributed by atoms with Crippen molar-refractivity contribution in [3.05, 3.63) is 141 Å². The lowest BCUT2D eigenvalue weighted by atomic mass is 9.83. The van der Waals surface area contributed by atoms with Crippen molar-refractivity contribution < 1.29 is 5.11 Å². The monoisotopic (exact) mass is 648 g/mol. The molecule has 1 aliphatic rings. The van der Waals surface area contributed by atoms with Crippen molar-refractivity contribution in [1.29, 1.82) is 0 Å². The van der Waals surface area contributed by atoms with Crippen LogP contribution in [-0.4, -0.2) is 66.7 Å². The van der Waals surface area contributed by atoms with E-state index in [1.54, 1.807) is 0 Å². The number of hydrogen-bond donors (Lipinski definition) is 1. The fraction of sp³-hybridized carbons (Fsp3) is 0.289. The van der Waals surface area contributed by atoms with Gasteiger partial charge in [-0.1, -0.05) is 107 Å². The van der Waals surface area contributed by atoms with Crippen LogP contribution in [0.1, 0.15) is 34.2 Å². The number of pyridine rings is 1. The van der Waals surface area contributed by atoms with Crippen LogP contribution in [0.3, 0.4) is 0 Å². The molecule has 1 fully saturated rings. The van der Waals surface area contributed by atoms with Crippen molar-refractivity contribution in [2.24, 2.45) is 0 Å². The number of nitrogens with zero attached hydrogens (tertiary/aromatic N) is 4. The van der Waals surface area contributed by atoms with E-state index in [-0.39, 0.29) is 0 Å². The molecule has 5 nitrogen and oxygen atoms in total. The Morgan fingerprint density at radius 1 is 0.795 bits per heavy atom. The van der Waals surface area contributed by atoms with Crippen LogP contribution in [0, 0.1) is 0 Å². The molecular formula is C38H41BrN4O. The molecule has 0 amide bonds.